The molecule has 0 aromatic heterocycles. The molecule has 0 saturated carbocycles. The summed E-state index contributed by atoms with van der Waals surface area (Å²) in [4.78, 5) is 23.9. The zero-order valence-electron chi connectivity index (χ0n) is 13.0. The number of halogens is 1. The van der Waals surface area contributed by atoms with Crippen LogP contribution < -0.4 is 10.5 Å². The van der Waals surface area contributed by atoms with Crippen molar-refractivity contribution in [3.63, 3.8) is 0 Å². The quantitative estimate of drug-likeness (QED) is 0.651. The van der Waals surface area contributed by atoms with Gasteiger partial charge in [0.2, 0.25) is 0 Å². The lowest BCUT2D eigenvalue weighted by atomic mass is 9.91. The fourth-order valence-electron chi connectivity index (χ4n) is 2.58. The van der Waals surface area contributed by atoms with Gasteiger partial charge in [0.15, 0.2) is 6.61 Å². The van der Waals surface area contributed by atoms with E-state index in [0.717, 1.165) is 12.8 Å². The van der Waals surface area contributed by atoms with E-state index in [0.29, 0.717) is 24.8 Å². The van der Waals surface area contributed by atoms with Crippen LogP contribution in [0.15, 0.2) is 24.3 Å². The summed E-state index contributed by atoms with van der Waals surface area (Å²) in [6, 6.07) is 5.86. The van der Waals surface area contributed by atoms with Gasteiger partial charge in [-0.25, -0.2) is 0 Å². The van der Waals surface area contributed by atoms with Crippen molar-refractivity contribution in [2.75, 3.05) is 19.7 Å². The van der Waals surface area contributed by atoms with Gasteiger partial charge in [0, 0.05) is 31.3 Å². The topological polar surface area (TPSA) is 98.7 Å². The maximum Gasteiger partial charge on any atom is 0.269 e. The molecule has 2 N–H and O–H groups in total. The summed E-state index contributed by atoms with van der Waals surface area (Å²) < 4.78 is 5.39. The lowest BCUT2D eigenvalue weighted by molar-refractivity contribution is -0.384. The third-order valence-electron chi connectivity index (χ3n) is 4.05. The molecule has 128 valence electrons. The lowest BCUT2D eigenvalue weighted by Gasteiger charge is -2.33. The molecule has 0 bridgehead atoms. The second-order valence-electron chi connectivity index (χ2n) is 5.62. The summed E-state index contributed by atoms with van der Waals surface area (Å²) in [5.41, 5.74) is 5.88. The Morgan fingerprint density at radius 2 is 1.96 bits per heavy atom. The Bertz CT molecular complexity index is 528. The predicted molar refractivity (Wildman–Crippen MR) is 88.8 cm³/mol. The zero-order chi connectivity index (χ0) is 16.1. The number of nitro benzene ring substituents is 1. The monoisotopic (exact) mass is 343 g/mol. The number of non-ortho nitro benzene ring substituents is 1. The molecule has 0 radical (unpaired) electrons. The van der Waals surface area contributed by atoms with E-state index in [-0.39, 0.29) is 36.7 Å². The first-order valence-corrected chi connectivity index (χ1v) is 7.38. The number of rotatable bonds is 5. The van der Waals surface area contributed by atoms with Crippen molar-refractivity contribution < 1.29 is 14.5 Å². The van der Waals surface area contributed by atoms with E-state index in [1.54, 1.807) is 4.90 Å². The van der Waals surface area contributed by atoms with E-state index in [9.17, 15) is 14.9 Å². The van der Waals surface area contributed by atoms with Gasteiger partial charge in [-0.1, -0.05) is 0 Å². The molecule has 7 nitrogen and oxygen atoms in total. The van der Waals surface area contributed by atoms with E-state index < -0.39 is 4.92 Å². The normalized spacial score (nSPS) is 16.3. The number of carbonyl (C=O) groups excluding carboxylic acids is 1. The molecule has 1 atom stereocenters. The highest BCUT2D eigenvalue weighted by Crippen LogP contribution is 2.20. The summed E-state index contributed by atoms with van der Waals surface area (Å²) in [5, 5.41) is 10.6. The number of amides is 1. The van der Waals surface area contributed by atoms with Crippen molar-refractivity contribution in [2.24, 2.45) is 11.7 Å². The molecule has 1 heterocycles. The number of likely N-dealkylation sites (tertiary alicyclic amines) is 1. The molecular formula is C15H22ClN3O4. The number of nitro groups is 1. The Labute approximate surface area is 141 Å². The van der Waals surface area contributed by atoms with Crippen LogP contribution in [0.1, 0.15) is 19.8 Å². The fraction of sp³-hybridized carbons (Fsp3) is 0.533. The van der Waals surface area contributed by atoms with Gasteiger partial charge >= 0.3 is 0 Å². The molecule has 1 aliphatic rings. The van der Waals surface area contributed by atoms with E-state index in [1.807, 2.05) is 6.92 Å². The minimum absolute atomic E-state index is 0. The summed E-state index contributed by atoms with van der Waals surface area (Å²) in [7, 11) is 0. The number of hydrogen-bond donors (Lipinski definition) is 1. The van der Waals surface area contributed by atoms with Gasteiger partial charge in [-0.2, -0.15) is 0 Å². The second-order valence-corrected chi connectivity index (χ2v) is 5.62. The largest absolute Gasteiger partial charge is 0.484 e. The Morgan fingerprint density at radius 3 is 2.43 bits per heavy atom. The minimum Gasteiger partial charge on any atom is -0.484 e. The van der Waals surface area contributed by atoms with Crippen molar-refractivity contribution in [2.45, 2.75) is 25.8 Å². The fourth-order valence-corrected chi connectivity index (χ4v) is 2.58. The van der Waals surface area contributed by atoms with E-state index >= 15 is 0 Å². The van der Waals surface area contributed by atoms with Gasteiger partial charge in [-0.15, -0.1) is 12.4 Å². The lowest BCUT2D eigenvalue weighted by Crippen LogP contribution is -2.44. The summed E-state index contributed by atoms with van der Waals surface area (Å²) in [5.74, 6) is 0.852. The van der Waals surface area contributed by atoms with Crippen LogP contribution in [0.3, 0.4) is 0 Å². The molecule has 1 fully saturated rings. The maximum absolute atomic E-state index is 12.1. The van der Waals surface area contributed by atoms with Gasteiger partial charge in [0.25, 0.3) is 11.6 Å². The second kappa shape index (κ2) is 8.69. The van der Waals surface area contributed by atoms with E-state index in [1.165, 1.54) is 24.3 Å². The van der Waals surface area contributed by atoms with Crippen molar-refractivity contribution in [3.8, 4) is 5.75 Å². The molecule has 0 aliphatic carbocycles. The summed E-state index contributed by atoms with van der Waals surface area (Å²) in [6.07, 6.45) is 1.84. The standard InChI is InChI=1S/C15H21N3O4.ClH/c1-11(16)12-6-8-17(9-7-12)15(19)10-22-14-4-2-13(3-5-14)18(20)21;/h2-5,11-12H,6-10,16H2,1H3;1H. The maximum atomic E-state index is 12.1. The van der Waals surface area contributed by atoms with Crippen LogP contribution >= 0.6 is 12.4 Å². The molecule has 8 heteroatoms. The van der Waals surface area contributed by atoms with Gasteiger partial charge in [0.05, 0.1) is 4.92 Å². The molecule has 1 aromatic carbocycles. The Balaban J connectivity index is 0.00000264. The third kappa shape index (κ3) is 5.37. The number of hydrogen-bond acceptors (Lipinski definition) is 5. The summed E-state index contributed by atoms with van der Waals surface area (Å²) >= 11 is 0. The Kier molecular flexibility index (Phi) is 7.25. The Hall–Kier alpha value is -1.86. The molecule has 1 aliphatic heterocycles. The Morgan fingerprint density at radius 1 is 1.39 bits per heavy atom. The van der Waals surface area contributed by atoms with E-state index in [4.69, 9.17) is 10.5 Å². The predicted octanol–water partition coefficient (Wildman–Crippen LogP) is 1.98. The smallest absolute Gasteiger partial charge is 0.269 e. The highest BCUT2D eigenvalue weighted by molar-refractivity contribution is 5.85. The minimum atomic E-state index is -0.475. The number of nitrogens with zero attached hydrogens (tertiary/aromatic N) is 2. The van der Waals surface area contributed by atoms with Gasteiger partial charge in [-0.05, 0) is 37.8 Å². The van der Waals surface area contributed by atoms with Crippen molar-refractivity contribution in [1.29, 1.82) is 0 Å². The van der Waals surface area contributed by atoms with Crippen LogP contribution in [0.4, 0.5) is 5.69 Å². The van der Waals surface area contributed by atoms with Crippen LogP contribution in [0.2, 0.25) is 0 Å². The van der Waals surface area contributed by atoms with E-state index in [2.05, 4.69) is 0 Å². The van der Waals surface area contributed by atoms with Crippen molar-refractivity contribution in [1.82, 2.24) is 4.90 Å². The average Bonchev–Trinajstić information content (AvgIpc) is 2.53. The van der Waals surface area contributed by atoms with Crippen molar-refractivity contribution >= 4 is 24.0 Å². The van der Waals surface area contributed by atoms with Crippen molar-refractivity contribution in [3.05, 3.63) is 34.4 Å². The average molecular weight is 344 g/mol. The third-order valence-corrected chi connectivity index (χ3v) is 4.05. The number of ether oxygens (including phenoxy) is 1. The number of piperidine rings is 1. The summed E-state index contributed by atoms with van der Waals surface area (Å²) in [6.45, 7) is 3.35. The van der Waals surface area contributed by atoms with Crippen LogP contribution in [0, 0.1) is 16.0 Å². The number of nitrogens with two attached hydrogens (primary N) is 1. The first kappa shape index (κ1) is 19.2. The molecule has 0 spiro atoms. The number of carbonyl (C=O) groups is 1. The van der Waals surface area contributed by atoms with Gasteiger partial charge in [-0.3, -0.25) is 14.9 Å². The molecule has 1 unspecified atom stereocenters. The zero-order valence-corrected chi connectivity index (χ0v) is 13.8. The van der Waals surface area contributed by atoms with Crippen LogP contribution in [0.5, 0.6) is 5.75 Å². The molecule has 1 aromatic rings. The first-order chi connectivity index (χ1) is 10.5. The van der Waals surface area contributed by atoms with Crippen LogP contribution in [-0.4, -0.2) is 41.5 Å². The number of benzene rings is 1. The first-order valence-electron chi connectivity index (χ1n) is 7.38. The SMILES string of the molecule is CC(N)C1CCN(C(=O)COc2ccc([N+](=O)[O-])cc2)CC1.Cl. The van der Waals surface area contributed by atoms with Crippen LogP contribution in [-0.2, 0) is 4.79 Å². The highest BCUT2D eigenvalue weighted by Gasteiger charge is 2.24. The molecule has 1 saturated heterocycles. The van der Waals surface area contributed by atoms with Gasteiger partial charge < -0.3 is 15.4 Å². The van der Waals surface area contributed by atoms with Gasteiger partial charge in [0.1, 0.15) is 5.75 Å². The molecule has 1 amide bonds. The van der Waals surface area contributed by atoms with Crippen LogP contribution in [0.25, 0.3) is 0 Å². The highest BCUT2D eigenvalue weighted by atomic mass is 35.5. The molecule has 2 rings (SSSR count). The molecule has 23 heavy (non-hydrogen) atoms. The molecular weight excluding hydrogens is 322 g/mol.